The summed E-state index contributed by atoms with van der Waals surface area (Å²) in [6.45, 7) is 2.93. The Morgan fingerprint density at radius 3 is 3.05 bits per heavy atom. The summed E-state index contributed by atoms with van der Waals surface area (Å²) in [4.78, 5) is 14.1. The van der Waals surface area contributed by atoms with Crippen molar-refractivity contribution in [2.24, 2.45) is 0 Å². The minimum atomic E-state index is -0.311. The normalized spacial score (nSPS) is 18.5. The first-order valence-electron chi connectivity index (χ1n) is 8.05. The third kappa shape index (κ3) is 5.39. The second kappa shape index (κ2) is 8.86. The Labute approximate surface area is 131 Å². The van der Waals surface area contributed by atoms with Crippen molar-refractivity contribution in [3.63, 3.8) is 0 Å². The highest BCUT2D eigenvalue weighted by atomic mass is 19.1. The van der Waals surface area contributed by atoms with Crippen LogP contribution in [-0.4, -0.2) is 48.2 Å². The number of halogens is 1. The zero-order valence-electron chi connectivity index (χ0n) is 12.9. The van der Waals surface area contributed by atoms with Gasteiger partial charge < -0.3 is 10.4 Å². The molecule has 0 saturated carbocycles. The quantitative estimate of drug-likeness (QED) is 0.719. The molecule has 0 aromatic heterocycles. The van der Waals surface area contributed by atoms with Gasteiger partial charge in [-0.1, -0.05) is 12.1 Å². The van der Waals surface area contributed by atoms with Crippen molar-refractivity contribution in [2.45, 2.75) is 38.1 Å². The van der Waals surface area contributed by atoms with E-state index in [9.17, 15) is 14.3 Å². The van der Waals surface area contributed by atoms with Crippen LogP contribution in [0.5, 0.6) is 0 Å². The Bertz CT molecular complexity index is 481. The van der Waals surface area contributed by atoms with Crippen molar-refractivity contribution in [3.05, 3.63) is 35.6 Å². The maximum Gasteiger partial charge on any atom is 0.224 e. The van der Waals surface area contributed by atoms with Crippen molar-refractivity contribution in [2.75, 3.05) is 26.2 Å². The van der Waals surface area contributed by atoms with E-state index < -0.39 is 0 Å². The predicted octanol–water partition coefficient (Wildman–Crippen LogP) is 1.72. The molecule has 5 heteroatoms. The fourth-order valence-electron chi connectivity index (χ4n) is 2.96. The first-order chi connectivity index (χ1) is 10.7. The molecule has 1 amide bonds. The van der Waals surface area contributed by atoms with Gasteiger partial charge in [-0.15, -0.1) is 0 Å². The molecule has 22 heavy (non-hydrogen) atoms. The van der Waals surface area contributed by atoms with Gasteiger partial charge >= 0.3 is 0 Å². The molecule has 1 saturated heterocycles. The minimum absolute atomic E-state index is 0.0694. The van der Waals surface area contributed by atoms with E-state index in [4.69, 9.17) is 0 Å². The van der Waals surface area contributed by atoms with Crippen LogP contribution in [0.15, 0.2) is 24.3 Å². The van der Waals surface area contributed by atoms with E-state index >= 15 is 0 Å². The van der Waals surface area contributed by atoms with Gasteiger partial charge in [0.05, 0.1) is 13.0 Å². The SMILES string of the molecule is O=C(Cc1cccc(F)c1)NCCCCN1CCCC1CO. The van der Waals surface area contributed by atoms with Gasteiger partial charge in [0.25, 0.3) is 0 Å². The Morgan fingerprint density at radius 1 is 1.41 bits per heavy atom. The topological polar surface area (TPSA) is 52.6 Å². The zero-order valence-corrected chi connectivity index (χ0v) is 12.9. The fraction of sp³-hybridized carbons (Fsp3) is 0.588. The molecule has 1 fully saturated rings. The lowest BCUT2D eigenvalue weighted by molar-refractivity contribution is -0.120. The van der Waals surface area contributed by atoms with Crippen LogP contribution in [0.4, 0.5) is 4.39 Å². The molecule has 2 N–H and O–H groups in total. The lowest BCUT2D eigenvalue weighted by atomic mass is 10.1. The van der Waals surface area contributed by atoms with E-state index in [0.717, 1.165) is 38.8 Å². The summed E-state index contributed by atoms with van der Waals surface area (Å²) in [7, 11) is 0. The Hall–Kier alpha value is -1.46. The van der Waals surface area contributed by atoms with Crippen molar-refractivity contribution in [3.8, 4) is 0 Å². The van der Waals surface area contributed by atoms with Gasteiger partial charge in [-0.3, -0.25) is 9.69 Å². The highest BCUT2D eigenvalue weighted by Crippen LogP contribution is 2.16. The van der Waals surface area contributed by atoms with Crippen molar-refractivity contribution >= 4 is 5.91 Å². The summed E-state index contributed by atoms with van der Waals surface area (Å²) in [5, 5.41) is 12.1. The van der Waals surface area contributed by atoms with E-state index in [1.807, 2.05) is 0 Å². The lowest BCUT2D eigenvalue weighted by Gasteiger charge is -2.22. The summed E-state index contributed by atoms with van der Waals surface area (Å²) >= 11 is 0. The third-order valence-corrected chi connectivity index (χ3v) is 4.16. The predicted molar refractivity (Wildman–Crippen MR) is 84.0 cm³/mol. The van der Waals surface area contributed by atoms with Gasteiger partial charge in [0.15, 0.2) is 0 Å². The van der Waals surface area contributed by atoms with Crippen LogP contribution in [0.25, 0.3) is 0 Å². The molecule has 0 spiro atoms. The average Bonchev–Trinajstić information content (AvgIpc) is 2.94. The maximum atomic E-state index is 13.0. The number of nitrogens with one attached hydrogen (secondary N) is 1. The van der Waals surface area contributed by atoms with Gasteiger partial charge in [-0.2, -0.15) is 0 Å². The van der Waals surface area contributed by atoms with Gasteiger partial charge in [0.1, 0.15) is 5.82 Å². The first-order valence-corrected chi connectivity index (χ1v) is 8.05. The molecule has 0 aliphatic carbocycles. The van der Waals surface area contributed by atoms with Crippen LogP contribution in [0, 0.1) is 5.82 Å². The number of hydrogen-bond donors (Lipinski definition) is 2. The second-order valence-corrected chi connectivity index (χ2v) is 5.88. The molecule has 4 nitrogen and oxygen atoms in total. The zero-order chi connectivity index (χ0) is 15.8. The third-order valence-electron chi connectivity index (χ3n) is 4.16. The van der Waals surface area contributed by atoms with Crippen molar-refractivity contribution in [1.82, 2.24) is 10.2 Å². The molecular formula is C17H25FN2O2. The number of nitrogens with zero attached hydrogens (tertiary/aromatic N) is 1. The first kappa shape index (κ1) is 16.9. The molecule has 1 aliphatic rings. The number of hydrogen-bond acceptors (Lipinski definition) is 3. The number of aliphatic hydroxyl groups is 1. The standard InChI is InChI=1S/C17H25FN2O2/c18-15-6-3-5-14(11-15)12-17(22)19-8-1-2-9-20-10-4-7-16(20)13-21/h3,5-6,11,16,21H,1-2,4,7-10,12-13H2,(H,19,22). The van der Waals surface area contributed by atoms with Crippen LogP contribution < -0.4 is 5.32 Å². The Balaban J connectivity index is 1.57. The van der Waals surface area contributed by atoms with Crippen molar-refractivity contribution in [1.29, 1.82) is 0 Å². The summed E-state index contributed by atoms with van der Waals surface area (Å²) in [6.07, 6.45) is 4.40. The van der Waals surface area contributed by atoms with Crippen LogP contribution in [-0.2, 0) is 11.2 Å². The number of benzene rings is 1. The van der Waals surface area contributed by atoms with Crippen LogP contribution in [0.2, 0.25) is 0 Å². The van der Waals surface area contributed by atoms with Crippen LogP contribution in [0.3, 0.4) is 0 Å². The minimum Gasteiger partial charge on any atom is -0.395 e. The van der Waals surface area contributed by atoms with Crippen LogP contribution in [0.1, 0.15) is 31.2 Å². The van der Waals surface area contributed by atoms with Crippen LogP contribution >= 0.6 is 0 Å². The number of carbonyl (C=O) groups is 1. The number of likely N-dealkylation sites (tertiary alicyclic amines) is 1. The molecular weight excluding hydrogens is 283 g/mol. The van der Waals surface area contributed by atoms with E-state index in [-0.39, 0.29) is 24.8 Å². The maximum absolute atomic E-state index is 13.0. The largest absolute Gasteiger partial charge is 0.395 e. The van der Waals surface area contributed by atoms with Gasteiger partial charge in [0, 0.05) is 12.6 Å². The van der Waals surface area contributed by atoms with Crippen molar-refractivity contribution < 1.29 is 14.3 Å². The monoisotopic (exact) mass is 308 g/mol. The smallest absolute Gasteiger partial charge is 0.224 e. The molecule has 1 unspecified atom stereocenters. The van der Waals surface area contributed by atoms with Gasteiger partial charge in [0.2, 0.25) is 5.91 Å². The molecule has 0 radical (unpaired) electrons. The second-order valence-electron chi connectivity index (χ2n) is 5.88. The number of unbranched alkanes of at least 4 members (excludes halogenated alkanes) is 1. The van der Waals surface area contributed by atoms with Gasteiger partial charge in [-0.25, -0.2) is 4.39 Å². The number of amides is 1. The molecule has 1 aliphatic heterocycles. The molecule has 2 rings (SSSR count). The number of rotatable bonds is 8. The molecule has 0 bridgehead atoms. The summed E-state index contributed by atoms with van der Waals surface area (Å²) in [5.41, 5.74) is 0.695. The molecule has 1 atom stereocenters. The molecule has 1 aromatic rings. The van der Waals surface area contributed by atoms with E-state index in [2.05, 4.69) is 10.2 Å². The lowest BCUT2D eigenvalue weighted by Crippen LogP contribution is -2.33. The van der Waals surface area contributed by atoms with E-state index in [1.165, 1.54) is 12.1 Å². The molecule has 122 valence electrons. The summed E-state index contributed by atoms with van der Waals surface area (Å²) in [6, 6.07) is 6.46. The van der Waals surface area contributed by atoms with Gasteiger partial charge in [-0.05, 0) is 56.5 Å². The number of aliphatic hydroxyl groups excluding tert-OH is 1. The Morgan fingerprint density at radius 2 is 2.27 bits per heavy atom. The average molecular weight is 308 g/mol. The fourth-order valence-corrected chi connectivity index (χ4v) is 2.96. The molecule has 1 aromatic carbocycles. The van der Waals surface area contributed by atoms with E-state index in [1.54, 1.807) is 12.1 Å². The molecule has 1 heterocycles. The highest BCUT2D eigenvalue weighted by Gasteiger charge is 2.22. The summed E-state index contributed by atoms with van der Waals surface area (Å²) in [5.74, 6) is -0.380. The summed E-state index contributed by atoms with van der Waals surface area (Å²) < 4.78 is 13.0. The van der Waals surface area contributed by atoms with E-state index in [0.29, 0.717) is 18.2 Å². The number of carbonyl (C=O) groups excluding carboxylic acids is 1. The highest BCUT2D eigenvalue weighted by molar-refractivity contribution is 5.78. The Kier molecular flexibility index (Phi) is 6.80.